The summed E-state index contributed by atoms with van der Waals surface area (Å²) < 4.78 is 13.6. The molecule has 0 fully saturated rings. The first-order chi connectivity index (χ1) is 8.84. The van der Waals surface area contributed by atoms with E-state index in [9.17, 15) is 4.39 Å². The Kier molecular flexibility index (Phi) is 3.11. The van der Waals surface area contributed by atoms with Gasteiger partial charge < -0.3 is 10.3 Å². The van der Waals surface area contributed by atoms with Crippen LogP contribution in [-0.2, 0) is 12.8 Å². The van der Waals surface area contributed by atoms with E-state index in [1.165, 1.54) is 0 Å². The summed E-state index contributed by atoms with van der Waals surface area (Å²) in [6.07, 6.45) is 6.27. The van der Waals surface area contributed by atoms with Crippen LogP contribution in [0.4, 0.5) is 4.39 Å². The summed E-state index contributed by atoms with van der Waals surface area (Å²) in [5.74, 6) is -0.0645. The Hall–Kier alpha value is -1.68. The van der Waals surface area contributed by atoms with Gasteiger partial charge in [-0.05, 0) is 30.0 Å². The second kappa shape index (κ2) is 4.90. The Morgan fingerprint density at radius 3 is 3.22 bits per heavy atom. The van der Waals surface area contributed by atoms with Crippen LogP contribution in [0.25, 0.3) is 0 Å². The molecule has 94 valence electrons. The SMILES string of the molecule is Fc1cccc2c1CCC2NCCc1cnc[nH]1. The van der Waals surface area contributed by atoms with Crippen molar-refractivity contribution in [2.45, 2.75) is 25.3 Å². The van der Waals surface area contributed by atoms with Crippen LogP contribution in [-0.4, -0.2) is 16.5 Å². The summed E-state index contributed by atoms with van der Waals surface area (Å²) in [6.45, 7) is 0.878. The quantitative estimate of drug-likeness (QED) is 0.868. The first kappa shape index (κ1) is 11.4. The lowest BCUT2D eigenvalue weighted by atomic mass is 10.1. The van der Waals surface area contributed by atoms with Crippen molar-refractivity contribution in [2.24, 2.45) is 0 Å². The van der Waals surface area contributed by atoms with E-state index in [0.717, 1.165) is 42.6 Å². The van der Waals surface area contributed by atoms with Crippen LogP contribution in [0.5, 0.6) is 0 Å². The zero-order valence-electron chi connectivity index (χ0n) is 10.1. The molecule has 0 bridgehead atoms. The zero-order valence-corrected chi connectivity index (χ0v) is 10.1. The van der Waals surface area contributed by atoms with E-state index in [-0.39, 0.29) is 5.82 Å². The highest BCUT2D eigenvalue weighted by molar-refractivity contribution is 5.35. The molecule has 0 saturated carbocycles. The van der Waals surface area contributed by atoms with Gasteiger partial charge in [0.1, 0.15) is 5.82 Å². The highest BCUT2D eigenvalue weighted by Gasteiger charge is 2.23. The fourth-order valence-electron chi connectivity index (χ4n) is 2.62. The lowest BCUT2D eigenvalue weighted by Gasteiger charge is -2.13. The molecule has 0 aliphatic heterocycles. The number of H-pyrrole nitrogens is 1. The minimum absolute atomic E-state index is 0.0645. The molecular formula is C14H16FN3. The minimum Gasteiger partial charge on any atom is -0.348 e. The van der Waals surface area contributed by atoms with Crippen LogP contribution in [0, 0.1) is 5.82 Å². The molecule has 3 nitrogen and oxygen atoms in total. The number of fused-ring (bicyclic) bond motifs is 1. The summed E-state index contributed by atoms with van der Waals surface area (Å²) in [7, 11) is 0. The predicted molar refractivity (Wildman–Crippen MR) is 67.8 cm³/mol. The maximum atomic E-state index is 13.6. The number of nitrogens with one attached hydrogen (secondary N) is 2. The minimum atomic E-state index is -0.0645. The Bertz CT molecular complexity index is 522. The number of halogens is 1. The normalized spacial score (nSPS) is 17.9. The molecule has 1 atom stereocenters. The predicted octanol–water partition coefficient (Wildman–Crippen LogP) is 2.37. The number of imidazole rings is 1. The summed E-state index contributed by atoms with van der Waals surface area (Å²) >= 11 is 0. The van der Waals surface area contributed by atoms with Crippen molar-refractivity contribution >= 4 is 0 Å². The van der Waals surface area contributed by atoms with E-state index >= 15 is 0 Å². The fourth-order valence-corrected chi connectivity index (χ4v) is 2.62. The van der Waals surface area contributed by atoms with Crippen LogP contribution in [0.3, 0.4) is 0 Å². The molecular weight excluding hydrogens is 229 g/mol. The second-order valence-electron chi connectivity index (χ2n) is 4.68. The van der Waals surface area contributed by atoms with Crippen LogP contribution < -0.4 is 5.32 Å². The molecule has 1 aromatic heterocycles. The number of hydrogen-bond acceptors (Lipinski definition) is 2. The third-order valence-electron chi connectivity index (χ3n) is 3.55. The topological polar surface area (TPSA) is 40.7 Å². The van der Waals surface area contributed by atoms with Crippen LogP contribution in [0.15, 0.2) is 30.7 Å². The van der Waals surface area contributed by atoms with Crippen molar-refractivity contribution in [2.75, 3.05) is 6.54 Å². The van der Waals surface area contributed by atoms with Gasteiger partial charge >= 0.3 is 0 Å². The molecule has 0 radical (unpaired) electrons. The van der Waals surface area contributed by atoms with Crippen molar-refractivity contribution in [1.82, 2.24) is 15.3 Å². The molecule has 1 aliphatic carbocycles. The third-order valence-corrected chi connectivity index (χ3v) is 3.55. The van der Waals surface area contributed by atoms with Gasteiger partial charge in [-0.2, -0.15) is 0 Å². The summed E-state index contributed by atoms with van der Waals surface area (Å²) in [5.41, 5.74) is 3.14. The standard InChI is InChI=1S/C14H16FN3/c15-13-3-1-2-12-11(13)4-5-14(12)17-7-6-10-8-16-9-18-10/h1-3,8-9,14,17H,4-7H2,(H,16,18). The third kappa shape index (κ3) is 2.16. The first-order valence-electron chi connectivity index (χ1n) is 6.32. The number of nitrogens with zero attached hydrogens (tertiary/aromatic N) is 1. The Morgan fingerprint density at radius 2 is 2.39 bits per heavy atom. The second-order valence-corrected chi connectivity index (χ2v) is 4.68. The molecule has 1 aromatic carbocycles. The van der Waals surface area contributed by atoms with Crippen LogP contribution in [0.2, 0.25) is 0 Å². The van der Waals surface area contributed by atoms with Crippen LogP contribution in [0.1, 0.15) is 29.3 Å². The van der Waals surface area contributed by atoms with Gasteiger partial charge in [0, 0.05) is 30.9 Å². The Labute approximate surface area is 105 Å². The van der Waals surface area contributed by atoms with E-state index in [1.54, 1.807) is 18.5 Å². The Morgan fingerprint density at radius 1 is 1.44 bits per heavy atom. The van der Waals surface area contributed by atoms with Gasteiger partial charge in [0.2, 0.25) is 0 Å². The average Bonchev–Trinajstić information content (AvgIpc) is 3.00. The van der Waals surface area contributed by atoms with Gasteiger partial charge in [0.05, 0.1) is 6.33 Å². The van der Waals surface area contributed by atoms with Crippen LogP contribution >= 0.6 is 0 Å². The average molecular weight is 245 g/mol. The largest absolute Gasteiger partial charge is 0.348 e. The molecule has 0 spiro atoms. The monoisotopic (exact) mass is 245 g/mol. The number of hydrogen-bond donors (Lipinski definition) is 2. The van der Waals surface area contributed by atoms with Gasteiger partial charge in [-0.25, -0.2) is 9.37 Å². The lowest BCUT2D eigenvalue weighted by Crippen LogP contribution is -2.22. The molecule has 1 aliphatic rings. The molecule has 0 saturated heterocycles. The highest BCUT2D eigenvalue weighted by Crippen LogP contribution is 2.32. The molecule has 0 amide bonds. The molecule has 3 rings (SSSR count). The first-order valence-corrected chi connectivity index (χ1v) is 6.32. The van der Waals surface area contributed by atoms with E-state index in [2.05, 4.69) is 15.3 Å². The van der Waals surface area contributed by atoms with Gasteiger partial charge in [0.15, 0.2) is 0 Å². The van der Waals surface area contributed by atoms with E-state index in [0.29, 0.717) is 6.04 Å². The van der Waals surface area contributed by atoms with Crippen molar-refractivity contribution in [1.29, 1.82) is 0 Å². The van der Waals surface area contributed by atoms with Crippen molar-refractivity contribution in [3.8, 4) is 0 Å². The number of aromatic amines is 1. The van der Waals surface area contributed by atoms with Gasteiger partial charge in [-0.1, -0.05) is 12.1 Å². The zero-order chi connectivity index (χ0) is 12.4. The lowest BCUT2D eigenvalue weighted by molar-refractivity contribution is 0.532. The highest BCUT2D eigenvalue weighted by atomic mass is 19.1. The summed E-state index contributed by atoms with van der Waals surface area (Å²) in [6, 6.07) is 5.66. The van der Waals surface area contributed by atoms with Crippen molar-refractivity contribution in [3.63, 3.8) is 0 Å². The molecule has 1 unspecified atom stereocenters. The molecule has 4 heteroatoms. The summed E-state index contributed by atoms with van der Waals surface area (Å²) in [4.78, 5) is 7.07. The van der Waals surface area contributed by atoms with E-state index in [4.69, 9.17) is 0 Å². The van der Waals surface area contributed by atoms with E-state index < -0.39 is 0 Å². The number of aromatic nitrogens is 2. The summed E-state index contributed by atoms with van der Waals surface area (Å²) in [5, 5.41) is 3.49. The van der Waals surface area contributed by atoms with Gasteiger partial charge in [-0.15, -0.1) is 0 Å². The maximum Gasteiger partial charge on any atom is 0.126 e. The molecule has 2 N–H and O–H groups in total. The molecule has 2 aromatic rings. The Balaban J connectivity index is 1.61. The van der Waals surface area contributed by atoms with Crippen molar-refractivity contribution < 1.29 is 4.39 Å². The van der Waals surface area contributed by atoms with Gasteiger partial charge in [0.25, 0.3) is 0 Å². The maximum absolute atomic E-state index is 13.6. The molecule has 1 heterocycles. The smallest absolute Gasteiger partial charge is 0.126 e. The number of benzene rings is 1. The van der Waals surface area contributed by atoms with Crippen molar-refractivity contribution in [3.05, 3.63) is 53.4 Å². The van der Waals surface area contributed by atoms with E-state index in [1.807, 2.05) is 12.3 Å². The number of rotatable bonds is 4. The molecule has 18 heavy (non-hydrogen) atoms. The van der Waals surface area contributed by atoms with Gasteiger partial charge in [-0.3, -0.25) is 0 Å². The fraction of sp³-hybridized carbons (Fsp3) is 0.357.